The number of phenolic OH excluding ortho intramolecular Hbond substituents is 2. The molecule has 4 heteroatoms. The molecule has 0 saturated heterocycles. The first kappa shape index (κ1) is 9.54. The molecule has 0 aliphatic carbocycles. The Kier molecular flexibility index (Phi) is 2.53. The van der Waals surface area contributed by atoms with E-state index in [2.05, 4.69) is 0 Å². The molecule has 13 heavy (non-hydrogen) atoms. The minimum absolute atomic E-state index is 0.107. The first-order valence-electron chi connectivity index (χ1n) is 3.82. The Hall–Kier alpha value is -1.55. The van der Waals surface area contributed by atoms with Gasteiger partial charge in [0, 0.05) is 5.56 Å². The van der Waals surface area contributed by atoms with Crippen molar-refractivity contribution in [3.63, 3.8) is 0 Å². The third-order valence-electron chi connectivity index (χ3n) is 1.79. The summed E-state index contributed by atoms with van der Waals surface area (Å²) in [4.78, 5) is 11.1. The van der Waals surface area contributed by atoms with Gasteiger partial charge in [0.15, 0.2) is 17.3 Å². The Morgan fingerprint density at radius 3 is 2.54 bits per heavy atom. The van der Waals surface area contributed by atoms with Crippen molar-refractivity contribution in [1.82, 2.24) is 0 Å². The molecular formula is C9H11NO3. The molecule has 0 aromatic heterocycles. The molecule has 0 aliphatic rings. The van der Waals surface area contributed by atoms with Crippen LogP contribution in [0.4, 0.5) is 0 Å². The third-order valence-corrected chi connectivity index (χ3v) is 1.79. The van der Waals surface area contributed by atoms with Crippen LogP contribution in [0.2, 0.25) is 0 Å². The number of Topliss-reactive ketones (excluding diaryl/α,β-unsaturated/α-hetero) is 1. The van der Waals surface area contributed by atoms with Gasteiger partial charge in [-0.1, -0.05) is 0 Å². The number of aromatic hydroxyl groups is 2. The highest BCUT2D eigenvalue weighted by atomic mass is 16.3. The number of benzene rings is 1. The number of carbonyl (C=O) groups excluding carboxylic acids is 1. The van der Waals surface area contributed by atoms with Crippen LogP contribution < -0.4 is 5.73 Å². The lowest BCUT2D eigenvalue weighted by Crippen LogP contribution is -2.13. The fraction of sp³-hybridized carbons (Fsp3) is 0.222. The van der Waals surface area contributed by atoms with Gasteiger partial charge in [-0.05, 0) is 24.6 Å². The fourth-order valence-electron chi connectivity index (χ4n) is 1.04. The number of hydrogen-bond donors (Lipinski definition) is 3. The number of aryl methyl sites for hydroxylation is 1. The van der Waals surface area contributed by atoms with Crippen molar-refractivity contribution in [3.05, 3.63) is 23.3 Å². The van der Waals surface area contributed by atoms with Crippen LogP contribution in [0.3, 0.4) is 0 Å². The molecule has 0 saturated carbocycles. The topological polar surface area (TPSA) is 83.6 Å². The standard InChI is InChI=1S/C9H11NO3/c1-5-2-6(8(12)4-10)3-7(11)9(5)13/h2-3,11,13H,4,10H2,1H3. The third kappa shape index (κ3) is 1.78. The number of hydrogen-bond acceptors (Lipinski definition) is 4. The van der Waals surface area contributed by atoms with E-state index in [1.54, 1.807) is 6.92 Å². The molecule has 4 N–H and O–H groups in total. The van der Waals surface area contributed by atoms with Crippen molar-refractivity contribution >= 4 is 5.78 Å². The monoisotopic (exact) mass is 181 g/mol. The molecular weight excluding hydrogens is 170 g/mol. The molecule has 0 fully saturated rings. The van der Waals surface area contributed by atoms with Crippen LogP contribution in [0.1, 0.15) is 15.9 Å². The van der Waals surface area contributed by atoms with Crippen molar-refractivity contribution in [2.75, 3.05) is 6.54 Å². The van der Waals surface area contributed by atoms with E-state index < -0.39 is 0 Å². The molecule has 0 spiro atoms. The molecule has 4 nitrogen and oxygen atoms in total. The van der Waals surface area contributed by atoms with E-state index in [9.17, 15) is 15.0 Å². The lowest BCUT2D eigenvalue weighted by atomic mass is 10.1. The van der Waals surface area contributed by atoms with Crippen molar-refractivity contribution in [2.24, 2.45) is 5.73 Å². The molecule has 0 heterocycles. The number of ketones is 1. The van der Waals surface area contributed by atoms with Gasteiger partial charge in [-0.25, -0.2) is 0 Å². The maximum absolute atomic E-state index is 11.1. The molecule has 1 aromatic carbocycles. The van der Waals surface area contributed by atoms with Gasteiger partial charge in [0.1, 0.15) is 0 Å². The maximum atomic E-state index is 11.1. The normalized spacial score (nSPS) is 10.0. The molecule has 0 bridgehead atoms. The van der Waals surface area contributed by atoms with Gasteiger partial charge in [-0.2, -0.15) is 0 Å². The van der Waals surface area contributed by atoms with Gasteiger partial charge in [0.05, 0.1) is 6.54 Å². The van der Waals surface area contributed by atoms with Crippen LogP contribution in [0.5, 0.6) is 11.5 Å². The summed E-state index contributed by atoms with van der Waals surface area (Å²) in [6, 6.07) is 2.70. The summed E-state index contributed by atoms with van der Waals surface area (Å²) < 4.78 is 0. The van der Waals surface area contributed by atoms with Crippen LogP contribution in [-0.4, -0.2) is 22.5 Å². The highest BCUT2D eigenvalue weighted by Crippen LogP contribution is 2.29. The van der Waals surface area contributed by atoms with Crippen molar-refractivity contribution in [2.45, 2.75) is 6.92 Å². The first-order valence-corrected chi connectivity index (χ1v) is 3.82. The number of carbonyl (C=O) groups is 1. The maximum Gasteiger partial charge on any atom is 0.176 e. The average molecular weight is 181 g/mol. The van der Waals surface area contributed by atoms with Gasteiger partial charge in [-0.15, -0.1) is 0 Å². The highest BCUT2D eigenvalue weighted by Gasteiger charge is 2.09. The minimum Gasteiger partial charge on any atom is -0.504 e. The van der Waals surface area contributed by atoms with Gasteiger partial charge >= 0.3 is 0 Å². The Balaban J connectivity index is 3.20. The van der Waals surface area contributed by atoms with Gasteiger partial charge in [0.2, 0.25) is 0 Å². The lowest BCUT2D eigenvalue weighted by molar-refractivity contribution is 0.100. The van der Waals surface area contributed by atoms with E-state index in [0.717, 1.165) is 0 Å². The number of phenols is 2. The summed E-state index contributed by atoms with van der Waals surface area (Å²) in [5, 5.41) is 18.4. The van der Waals surface area contributed by atoms with Crippen LogP contribution in [0.15, 0.2) is 12.1 Å². The summed E-state index contributed by atoms with van der Waals surface area (Å²) in [6.45, 7) is 1.49. The van der Waals surface area contributed by atoms with Crippen LogP contribution >= 0.6 is 0 Å². The average Bonchev–Trinajstić information content (AvgIpc) is 2.12. The molecule has 0 radical (unpaired) electrons. The summed E-state index contributed by atoms with van der Waals surface area (Å²) >= 11 is 0. The highest BCUT2D eigenvalue weighted by molar-refractivity contribution is 5.98. The lowest BCUT2D eigenvalue weighted by Gasteiger charge is -2.04. The second kappa shape index (κ2) is 3.45. The summed E-state index contributed by atoms with van der Waals surface area (Å²) in [5.41, 5.74) is 5.92. The Morgan fingerprint density at radius 2 is 2.08 bits per heavy atom. The zero-order valence-electron chi connectivity index (χ0n) is 7.24. The van der Waals surface area contributed by atoms with Crippen molar-refractivity contribution in [1.29, 1.82) is 0 Å². The fourth-order valence-corrected chi connectivity index (χ4v) is 1.04. The minimum atomic E-state index is -0.295. The Morgan fingerprint density at radius 1 is 1.46 bits per heavy atom. The first-order chi connectivity index (χ1) is 6.06. The molecule has 1 aromatic rings. The van der Waals surface area contributed by atoms with E-state index >= 15 is 0 Å². The van der Waals surface area contributed by atoms with E-state index in [1.165, 1.54) is 12.1 Å². The van der Waals surface area contributed by atoms with Crippen LogP contribution in [0, 0.1) is 6.92 Å². The predicted molar refractivity (Wildman–Crippen MR) is 47.9 cm³/mol. The summed E-state index contributed by atoms with van der Waals surface area (Å²) in [7, 11) is 0. The molecule has 1 rings (SSSR count). The SMILES string of the molecule is Cc1cc(C(=O)CN)cc(O)c1O. The quantitative estimate of drug-likeness (QED) is 0.459. The molecule has 0 aliphatic heterocycles. The zero-order valence-corrected chi connectivity index (χ0v) is 7.24. The van der Waals surface area contributed by atoms with Crippen molar-refractivity contribution in [3.8, 4) is 11.5 Å². The number of rotatable bonds is 2. The van der Waals surface area contributed by atoms with E-state index in [-0.39, 0.29) is 23.8 Å². The largest absolute Gasteiger partial charge is 0.504 e. The molecule has 70 valence electrons. The van der Waals surface area contributed by atoms with Crippen LogP contribution in [0.25, 0.3) is 0 Å². The zero-order chi connectivity index (χ0) is 10.0. The molecule has 0 unspecified atom stereocenters. The smallest absolute Gasteiger partial charge is 0.176 e. The van der Waals surface area contributed by atoms with Gasteiger partial charge in [-0.3, -0.25) is 4.79 Å². The second-order valence-corrected chi connectivity index (χ2v) is 2.79. The molecule has 0 amide bonds. The molecule has 0 atom stereocenters. The van der Waals surface area contributed by atoms with Crippen molar-refractivity contribution < 1.29 is 15.0 Å². The Labute approximate surface area is 75.6 Å². The van der Waals surface area contributed by atoms with Gasteiger partial charge in [0.25, 0.3) is 0 Å². The predicted octanol–water partition coefficient (Wildman–Crippen LogP) is 0.548. The van der Waals surface area contributed by atoms with E-state index in [1.807, 2.05) is 0 Å². The Bertz CT molecular complexity index is 324. The van der Waals surface area contributed by atoms with E-state index in [0.29, 0.717) is 11.1 Å². The number of nitrogens with two attached hydrogens (primary N) is 1. The van der Waals surface area contributed by atoms with Gasteiger partial charge < -0.3 is 15.9 Å². The van der Waals surface area contributed by atoms with E-state index in [4.69, 9.17) is 5.73 Å². The summed E-state index contributed by atoms with van der Waals surface area (Å²) in [5.74, 6) is -0.760. The summed E-state index contributed by atoms with van der Waals surface area (Å²) in [6.07, 6.45) is 0. The second-order valence-electron chi connectivity index (χ2n) is 2.79. The van der Waals surface area contributed by atoms with Crippen LogP contribution in [-0.2, 0) is 0 Å².